The lowest BCUT2D eigenvalue weighted by Gasteiger charge is -2.57. The van der Waals surface area contributed by atoms with Crippen LogP contribution in [0.4, 0.5) is 25.4 Å². The van der Waals surface area contributed by atoms with Crippen molar-refractivity contribution in [1.82, 2.24) is 20.3 Å². The average Bonchev–Trinajstić information content (AvgIpc) is 3.42. The largest absolute Gasteiger partial charge is 0.493 e. The molecule has 0 saturated heterocycles. The molecule has 2 heterocycles. The summed E-state index contributed by atoms with van der Waals surface area (Å²) in [6.07, 6.45) is 2.60. The van der Waals surface area contributed by atoms with E-state index in [4.69, 9.17) is 14.0 Å². The van der Waals surface area contributed by atoms with Gasteiger partial charge in [-0.1, -0.05) is 41.5 Å². The van der Waals surface area contributed by atoms with E-state index in [2.05, 4.69) is 30.9 Å². The highest BCUT2D eigenvalue weighted by atomic mass is 32.1. The number of fused-ring (bicyclic) bond motifs is 1. The van der Waals surface area contributed by atoms with Crippen LogP contribution < -0.4 is 25.4 Å². The number of ether oxygens (including phenoxy) is 2. The number of carbonyl (C=O) groups is 1. The highest BCUT2D eigenvalue weighted by Gasteiger charge is 2.55. The Labute approximate surface area is 299 Å². The second kappa shape index (κ2) is 15.8. The zero-order valence-corrected chi connectivity index (χ0v) is 31.5. The third kappa shape index (κ3) is 9.96. The molecule has 4 rings (SSSR count). The van der Waals surface area contributed by atoms with Gasteiger partial charge in [0.2, 0.25) is 5.91 Å². The minimum absolute atomic E-state index is 0.0191. The lowest BCUT2D eigenvalue weighted by atomic mass is 9.57. The smallest absolute Gasteiger partial charge is 0.469 e. The van der Waals surface area contributed by atoms with Crippen molar-refractivity contribution in [3.05, 3.63) is 59.4 Å². The van der Waals surface area contributed by atoms with Gasteiger partial charge in [-0.3, -0.25) is 9.32 Å². The predicted octanol–water partition coefficient (Wildman–Crippen LogP) is 6.99. The summed E-state index contributed by atoms with van der Waals surface area (Å²) in [4.78, 5) is 45.4. The normalized spacial score (nSPS) is 13.3. The van der Waals surface area contributed by atoms with Crippen molar-refractivity contribution in [2.24, 2.45) is 10.8 Å². The molecule has 2 aromatic carbocycles. The van der Waals surface area contributed by atoms with Gasteiger partial charge in [0.15, 0.2) is 16.6 Å². The number of hydrogen-bond acceptors (Lipinski definition) is 11. The number of thiazole rings is 1. The van der Waals surface area contributed by atoms with E-state index in [1.165, 1.54) is 31.0 Å². The van der Waals surface area contributed by atoms with Crippen molar-refractivity contribution in [3.8, 4) is 11.5 Å². The van der Waals surface area contributed by atoms with Crippen LogP contribution in [0.5, 0.6) is 11.5 Å². The first-order chi connectivity index (χ1) is 23.7. The highest BCUT2D eigenvalue weighted by molar-refractivity contribution is 7.46. The number of carbonyl (C=O) groups excluding carboxylic acids is 1. The van der Waals surface area contributed by atoms with E-state index in [0.717, 1.165) is 18.2 Å². The SMILES string of the molecule is COc1cc2c(Nc3ncc(CC(=O)Nc4cc(F)cc(F)c4)s3)ncnc2cc1OCCCNC([C@@H](C)OP(=O)(O)O)(C(C)(C)C)C(C)(C)C. The summed E-state index contributed by atoms with van der Waals surface area (Å²) >= 11 is 1.22. The summed E-state index contributed by atoms with van der Waals surface area (Å²) in [7, 11) is -3.22. The molecular weight excluding hydrogens is 705 g/mol. The van der Waals surface area contributed by atoms with Crippen LogP contribution in [-0.4, -0.2) is 62.6 Å². The molecule has 2 aromatic heterocycles. The van der Waals surface area contributed by atoms with Gasteiger partial charge in [0.05, 0.1) is 37.3 Å². The molecule has 278 valence electrons. The molecule has 0 spiro atoms. The van der Waals surface area contributed by atoms with Crippen molar-refractivity contribution < 1.29 is 41.9 Å². The zero-order chi connectivity index (χ0) is 37.8. The molecule has 13 nitrogen and oxygen atoms in total. The number of amides is 1. The molecule has 0 bridgehead atoms. The maximum absolute atomic E-state index is 13.5. The van der Waals surface area contributed by atoms with Crippen LogP contribution in [0.1, 0.15) is 59.8 Å². The molecule has 0 aliphatic carbocycles. The number of nitrogens with zero attached hydrogens (tertiary/aromatic N) is 3. The topological polar surface area (TPSA) is 177 Å². The monoisotopic (exact) mass is 750 g/mol. The number of aromatic nitrogens is 3. The Morgan fingerprint density at radius 3 is 2.25 bits per heavy atom. The molecule has 0 aliphatic rings. The molecule has 17 heteroatoms. The van der Waals surface area contributed by atoms with Crippen LogP contribution in [0, 0.1) is 22.5 Å². The Balaban J connectivity index is 1.42. The first-order valence-corrected chi connectivity index (χ1v) is 18.5. The molecule has 1 amide bonds. The fraction of sp³-hybridized carbons (Fsp3) is 0.471. The summed E-state index contributed by atoms with van der Waals surface area (Å²) in [5.74, 6) is -0.686. The van der Waals surface area contributed by atoms with E-state index in [1.54, 1.807) is 19.1 Å². The van der Waals surface area contributed by atoms with Gasteiger partial charge in [0.25, 0.3) is 0 Å². The van der Waals surface area contributed by atoms with E-state index in [1.807, 2.05) is 41.5 Å². The Morgan fingerprint density at radius 2 is 1.65 bits per heavy atom. The van der Waals surface area contributed by atoms with Gasteiger partial charge < -0.3 is 35.2 Å². The number of rotatable bonds is 15. The summed E-state index contributed by atoms with van der Waals surface area (Å²) in [5.41, 5.74) is -1.13. The molecule has 0 radical (unpaired) electrons. The first kappa shape index (κ1) is 40.0. The summed E-state index contributed by atoms with van der Waals surface area (Å²) in [5, 5.41) is 10.3. The third-order valence-corrected chi connectivity index (χ3v) is 9.94. The standard InChI is InChI=1S/C34H45F2N6O7PS/c1-20(49-50(44,45)46)34(32(2,3)4,33(5,6)7)40-10-9-11-48-28-17-26-25(16-27(28)47-8)30(39-19-38-26)42-31-37-18-24(51-31)15-29(43)41-23-13-21(35)12-22(36)14-23/h12-14,16-20,40H,9-11,15H2,1-8H3,(H,41,43)(H2,44,45,46)(H,37,38,39,42)/t20-/m1/s1. The number of phosphoric ester groups is 1. The van der Waals surface area contributed by atoms with Gasteiger partial charge in [-0.25, -0.2) is 28.3 Å². The number of hydrogen-bond donors (Lipinski definition) is 5. The van der Waals surface area contributed by atoms with E-state index < -0.39 is 47.8 Å². The molecule has 5 N–H and O–H groups in total. The van der Waals surface area contributed by atoms with Crippen LogP contribution in [0.15, 0.2) is 42.9 Å². The fourth-order valence-electron chi connectivity index (χ4n) is 6.82. The van der Waals surface area contributed by atoms with Crippen LogP contribution >= 0.6 is 19.2 Å². The molecule has 0 fully saturated rings. The van der Waals surface area contributed by atoms with Crippen molar-refractivity contribution >= 4 is 52.6 Å². The second-order valence-corrected chi connectivity index (χ2v) is 16.4. The van der Waals surface area contributed by atoms with Crippen molar-refractivity contribution in [2.75, 3.05) is 30.9 Å². The maximum Gasteiger partial charge on any atom is 0.469 e. The number of benzene rings is 2. The van der Waals surface area contributed by atoms with Gasteiger partial charge in [-0.2, -0.15) is 0 Å². The summed E-state index contributed by atoms with van der Waals surface area (Å²) in [6.45, 7) is 14.5. The fourth-order valence-corrected chi connectivity index (χ4v) is 8.20. The van der Waals surface area contributed by atoms with E-state index in [0.29, 0.717) is 57.8 Å². The minimum atomic E-state index is -4.74. The Morgan fingerprint density at radius 1 is 0.980 bits per heavy atom. The maximum atomic E-state index is 13.5. The minimum Gasteiger partial charge on any atom is -0.493 e. The van der Waals surface area contributed by atoms with Gasteiger partial charge in [0, 0.05) is 34.3 Å². The third-order valence-electron chi connectivity index (χ3n) is 8.43. The Bertz CT molecular complexity index is 1860. The number of halogens is 2. The number of phosphoric acid groups is 1. The lowest BCUT2D eigenvalue weighted by molar-refractivity contribution is -0.115. The van der Waals surface area contributed by atoms with E-state index in [9.17, 15) is 27.9 Å². The van der Waals surface area contributed by atoms with E-state index >= 15 is 0 Å². The van der Waals surface area contributed by atoms with Crippen molar-refractivity contribution in [2.45, 2.75) is 73.0 Å². The molecule has 4 aromatic rings. The Hall–Kier alpha value is -3.79. The van der Waals surface area contributed by atoms with Crippen LogP contribution in [0.25, 0.3) is 10.9 Å². The van der Waals surface area contributed by atoms with Gasteiger partial charge in [-0.15, -0.1) is 11.3 Å². The van der Waals surface area contributed by atoms with Crippen LogP contribution in [0.3, 0.4) is 0 Å². The molecule has 0 unspecified atom stereocenters. The van der Waals surface area contributed by atoms with Crippen molar-refractivity contribution in [1.29, 1.82) is 0 Å². The van der Waals surface area contributed by atoms with Crippen LogP contribution in [0.2, 0.25) is 0 Å². The number of nitrogens with one attached hydrogen (secondary N) is 3. The second-order valence-electron chi connectivity index (χ2n) is 14.1. The predicted molar refractivity (Wildman–Crippen MR) is 193 cm³/mol. The molecule has 0 saturated carbocycles. The average molecular weight is 751 g/mol. The summed E-state index contributed by atoms with van der Waals surface area (Å²) in [6, 6.07) is 6.28. The van der Waals surface area contributed by atoms with Gasteiger partial charge in [0.1, 0.15) is 23.8 Å². The first-order valence-electron chi connectivity index (χ1n) is 16.1. The van der Waals surface area contributed by atoms with Crippen LogP contribution in [-0.2, 0) is 20.3 Å². The molecule has 0 aliphatic heterocycles. The zero-order valence-electron chi connectivity index (χ0n) is 29.8. The quantitative estimate of drug-likeness (QED) is 0.0623. The molecule has 1 atom stereocenters. The Kier molecular flexibility index (Phi) is 12.4. The highest BCUT2D eigenvalue weighted by Crippen LogP contribution is 2.51. The number of anilines is 3. The molecule has 51 heavy (non-hydrogen) atoms. The van der Waals surface area contributed by atoms with Gasteiger partial charge in [-0.05, 0) is 48.9 Å². The summed E-state index contributed by atoms with van der Waals surface area (Å²) < 4.78 is 55.8. The number of methoxy groups -OCH3 is 1. The molecular formula is C34H45F2N6O7PS. The van der Waals surface area contributed by atoms with Crippen molar-refractivity contribution in [3.63, 3.8) is 0 Å². The van der Waals surface area contributed by atoms with E-state index in [-0.39, 0.29) is 12.1 Å². The van der Waals surface area contributed by atoms with Gasteiger partial charge >= 0.3 is 7.82 Å². The lowest BCUT2D eigenvalue weighted by Crippen LogP contribution is -2.69.